The average Bonchev–Trinajstić information content (AvgIpc) is 2.03. The lowest BCUT2D eigenvalue weighted by atomic mass is 9.97. The van der Waals surface area contributed by atoms with Gasteiger partial charge in [0.2, 0.25) is 0 Å². The molecule has 1 aromatic carbocycles. The van der Waals surface area contributed by atoms with E-state index < -0.39 is 0 Å². The molecule has 0 spiro atoms. The Morgan fingerprint density at radius 1 is 1.38 bits per heavy atom. The van der Waals surface area contributed by atoms with Gasteiger partial charge in [0, 0.05) is 10.6 Å². The molecule has 1 aliphatic heterocycles. The molecule has 0 amide bonds. The van der Waals surface area contributed by atoms with Crippen LogP contribution in [0.15, 0.2) is 29.2 Å². The lowest BCUT2D eigenvalue weighted by molar-refractivity contribution is 0.361. The number of rotatable bonds is 1. The Kier molecular flexibility index (Phi) is 5.97. The highest BCUT2D eigenvalue weighted by atomic mass is 32.7. The van der Waals surface area contributed by atoms with Crippen molar-refractivity contribution in [3.8, 4) is 0 Å². The van der Waals surface area contributed by atoms with E-state index in [-0.39, 0.29) is 0 Å². The van der Waals surface area contributed by atoms with Crippen molar-refractivity contribution in [3.05, 3.63) is 24.3 Å². The van der Waals surface area contributed by atoms with Crippen LogP contribution in [0.2, 0.25) is 0 Å². The zero-order chi connectivity index (χ0) is 9.52. The second-order valence-electron chi connectivity index (χ2n) is 2.33. The lowest BCUT2D eigenvalue weighted by Crippen LogP contribution is -2.00. The largest absolute Gasteiger partial charge is 0.314 e. The van der Waals surface area contributed by atoms with Crippen LogP contribution in [0.3, 0.4) is 0 Å². The van der Waals surface area contributed by atoms with E-state index in [0.717, 1.165) is 12.1 Å². The van der Waals surface area contributed by atoms with Crippen molar-refractivity contribution in [1.29, 1.82) is 0 Å². The van der Waals surface area contributed by atoms with Gasteiger partial charge in [-0.15, -0.1) is 11.4 Å². The summed E-state index contributed by atoms with van der Waals surface area (Å²) in [5.41, 5.74) is 0.817. The Morgan fingerprint density at radius 3 is 2.15 bits per heavy atom. The SMILES string of the molecule is C1CSO1.[B]c1ccc(SP)cc1. The van der Waals surface area contributed by atoms with Crippen LogP contribution < -0.4 is 5.46 Å². The molecule has 5 heteroatoms. The molecule has 2 rings (SSSR count). The first kappa shape index (κ1) is 11.4. The summed E-state index contributed by atoms with van der Waals surface area (Å²) >= 11 is 3.18. The average molecular weight is 228 g/mol. The molecule has 1 nitrogen and oxygen atoms in total. The van der Waals surface area contributed by atoms with Gasteiger partial charge in [-0.2, -0.15) is 0 Å². The molecule has 0 saturated carbocycles. The van der Waals surface area contributed by atoms with E-state index >= 15 is 0 Å². The Morgan fingerprint density at radius 2 is 1.85 bits per heavy atom. The van der Waals surface area contributed by atoms with Crippen LogP contribution in [0.5, 0.6) is 0 Å². The molecule has 0 bridgehead atoms. The second-order valence-corrected chi connectivity index (χ2v) is 4.62. The van der Waals surface area contributed by atoms with E-state index in [0.29, 0.717) is 0 Å². The molecule has 1 aliphatic rings. The molecule has 2 radical (unpaired) electrons. The monoisotopic (exact) mass is 228 g/mol. The van der Waals surface area contributed by atoms with Crippen molar-refractivity contribution < 1.29 is 4.18 Å². The minimum atomic E-state index is 0.817. The van der Waals surface area contributed by atoms with Gasteiger partial charge in [0.15, 0.2) is 0 Å². The van der Waals surface area contributed by atoms with Crippen LogP contribution in [0.25, 0.3) is 0 Å². The third-order valence-electron chi connectivity index (χ3n) is 1.35. The molecule has 1 atom stereocenters. The molecule has 0 aliphatic carbocycles. The minimum absolute atomic E-state index is 0.817. The second kappa shape index (κ2) is 6.77. The van der Waals surface area contributed by atoms with E-state index in [1.807, 2.05) is 24.3 Å². The fourth-order valence-corrected chi connectivity index (χ4v) is 1.56. The Balaban J connectivity index is 0.000000175. The highest BCUT2D eigenvalue weighted by Crippen LogP contribution is 2.22. The van der Waals surface area contributed by atoms with Crippen molar-refractivity contribution in [2.24, 2.45) is 0 Å². The van der Waals surface area contributed by atoms with E-state index in [2.05, 4.69) is 12.6 Å². The molecule has 0 N–H and O–H groups in total. The van der Waals surface area contributed by atoms with Crippen molar-refractivity contribution in [1.82, 2.24) is 0 Å². The first-order valence-electron chi connectivity index (χ1n) is 3.79. The predicted molar refractivity (Wildman–Crippen MR) is 65.8 cm³/mol. The van der Waals surface area contributed by atoms with Gasteiger partial charge in [-0.3, -0.25) is 0 Å². The van der Waals surface area contributed by atoms with Crippen LogP contribution in [0.4, 0.5) is 0 Å². The molecular formula is C8H10BOPS2. The quantitative estimate of drug-likeness (QED) is 0.413. The smallest absolute Gasteiger partial charge is 0.113 e. The van der Waals surface area contributed by atoms with Crippen LogP contribution in [0.1, 0.15) is 0 Å². The van der Waals surface area contributed by atoms with Crippen LogP contribution in [-0.2, 0) is 4.18 Å². The summed E-state index contributed by atoms with van der Waals surface area (Å²) in [5.74, 6) is 1.19. The van der Waals surface area contributed by atoms with E-state index in [9.17, 15) is 0 Å². The fraction of sp³-hybridized carbons (Fsp3) is 0.250. The summed E-state index contributed by atoms with van der Waals surface area (Å²) in [6.07, 6.45) is 0. The van der Waals surface area contributed by atoms with E-state index in [1.165, 1.54) is 22.7 Å². The Hall–Kier alpha value is 0.375. The normalized spacial score (nSPS) is 13.9. The highest BCUT2D eigenvalue weighted by Gasteiger charge is 1.96. The van der Waals surface area contributed by atoms with Gasteiger partial charge in [-0.25, -0.2) is 0 Å². The van der Waals surface area contributed by atoms with Gasteiger partial charge < -0.3 is 4.18 Å². The van der Waals surface area contributed by atoms with Crippen molar-refractivity contribution in [3.63, 3.8) is 0 Å². The maximum Gasteiger partial charge on any atom is 0.113 e. The van der Waals surface area contributed by atoms with Gasteiger partial charge in [0.1, 0.15) is 7.85 Å². The molecule has 1 fully saturated rings. The van der Waals surface area contributed by atoms with E-state index in [4.69, 9.17) is 7.85 Å². The predicted octanol–water partition coefficient (Wildman–Crippen LogP) is 2.03. The zero-order valence-electron chi connectivity index (χ0n) is 7.10. The van der Waals surface area contributed by atoms with E-state index in [1.54, 1.807) is 11.4 Å². The van der Waals surface area contributed by atoms with Crippen molar-refractivity contribution in [2.45, 2.75) is 4.90 Å². The summed E-state index contributed by atoms with van der Waals surface area (Å²) in [5, 5.41) is 0. The van der Waals surface area contributed by atoms with Crippen LogP contribution >= 0.6 is 31.9 Å². The van der Waals surface area contributed by atoms with Gasteiger partial charge in [0.25, 0.3) is 0 Å². The van der Waals surface area contributed by atoms with Gasteiger partial charge in [0.05, 0.1) is 6.61 Å². The maximum absolute atomic E-state index is 5.47. The van der Waals surface area contributed by atoms with Crippen molar-refractivity contribution >= 4 is 45.2 Å². The summed E-state index contributed by atoms with van der Waals surface area (Å²) in [6, 6.07) is 7.78. The first-order valence-corrected chi connectivity index (χ1v) is 7.00. The van der Waals surface area contributed by atoms with Gasteiger partial charge >= 0.3 is 0 Å². The number of hydrogen-bond donors (Lipinski definition) is 0. The summed E-state index contributed by atoms with van der Waals surface area (Å²) < 4.78 is 4.64. The third kappa shape index (κ3) is 4.97. The zero-order valence-corrected chi connectivity index (χ0v) is 9.89. The summed E-state index contributed by atoms with van der Waals surface area (Å²) in [7, 11) is 8.05. The minimum Gasteiger partial charge on any atom is -0.314 e. The molecule has 13 heavy (non-hydrogen) atoms. The van der Waals surface area contributed by atoms with Crippen LogP contribution in [0, 0.1) is 0 Å². The Labute approximate surface area is 91.0 Å². The van der Waals surface area contributed by atoms with Crippen LogP contribution in [-0.4, -0.2) is 20.2 Å². The van der Waals surface area contributed by atoms with Gasteiger partial charge in [-0.1, -0.05) is 26.0 Å². The van der Waals surface area contributed by atoms with Crippen molar-refractivity contribution in [2.75, 3.05) is 12.4 Å². The molecule has 1 aromatic rings. The number of hydrogen-bond acceptors (Lipinski definition) is 3. The Bertz CT molecular complexity index is 234. The first-order chi connectivity index (χ1) is 6.33. The molecular weight excluding hydrogens is 218 g/mol. The molecule has 1 saturated heterocycles. The molecule has 0 aromatic heterocycles. The molecule has 68 valence electrons. The topological polar surface area (TPSA) is 9.23 Å². The highest BCUT2D eigenvalue weighted by molar-refractivity contribution is 8.43. The lowest BCUT2D eigenvalue weighted by Gasteiger charge is -2.06. The van der Waals surface area contributed by atoms with Gasteiger partial charge in [-0.05, 0) is 24.2 Å². The number of benzene rings is 1. The summed E-state index contributed by atoms with van der Waals surface area (Å²) in [4.78, 5) is 1.22. The molecule has 1 heterocycles. The summed E-state index contributed by atoms with van der Waals surface area (Å²) in [6.45, 7) is 0.963. The maximum atomic E-state index is 5.47. The fourth-order valence-electron chi connectivity index (χ4n) is 0.630. The third-order valence-corrected chi connectivity index (χ3v) is 3.38. The molecule has 1 unspecified atom stereocenters. The standard InChI is InChI=1S/C6H6BPS.C2H4OS/c7-5-1-3-6(9-8)4-2-5;1-2-4-3-1/h1-4H,8H2;1-2H2.